The number of para-hydroxylation sites is 1. The molecule has 1 aliphatic rings. The molecule has 0 aliphatic heterocycles. The molecule has 21 heavy (non-hydrogen) atoms. The van der Waals surface area contributed by atoms with Gasteiger partial charge in [-0.2, -0.15) is 0 Å². The van der Waals surface area contributed by atoms with Gasteiger partial charge in [0.05, 0.1) is 5.02 Å². The van der Waals surface area contributed by atoms with Crippen LogP contribution in [0.1, 0.15) is 25.7 Å². The second-order valence-electron chi connectivity index (χ2n) is 5.51. The van der Waals surface area contributed by atoms with Crippen LogP contribution >= 0.6 is 11.6 Å². The van der Waals surface area contributed by atoms with Crippen LogP contribution in [0.5, 0.6) is 0 Å². The third-order valence-electron chi connectivity index (χ3n) is 3.95. The summed E-state index contributed by atoms with van der Waals surface area (Å²) in [6, 6.07) is 15.0. The van der Waals surface area contributed by atoms with E-state index in [1.54, 1.807) is 6.20 Å². The van der Waals surface area contributed by atoms with Crippen LogP contribution in [-0.2, 0) is 0 Å². The molecule has 1 aliphatic carbocycles. The van der Waals surface area contributed by atoms with Gasteiger partial charge in [-0.15, -0.1) is 0 Å². The number of nitrogens with zero attached hydrogens (tertiary/aromatic N) is 1. The maximum Gasteiger partial charge on any atom is 0.126 e. The van der Waals surface area contributed by atoms with Crippen molar-refractivity contribution in [2.24, 2.45) is 0 Å². The van der Waals surface area contributed by atoms with Crippen LogP contribution in [0.2, 0.25) is 5.02 Å². The molecule has 2 aromatic rings. The average molecular weight is 302 g/mol. The van der Waals surface area contributed by atoms with Gasteiger partial charge in [-0.05, 0) is 37.1 Å². The van der Waals surface area contributed by atoms with Crippen molar-refractivity contribution in [1.82, 2.24) is 4.98 Å². The first-order valence-corrected chi connectivity index (χ1v) is 7.89. The largest absolute Gasteiger partial charge is 0.380 e. The van der Waals surface area contributed by atoms with Crippen LogP contribution in [0, 0.1) is 0 Å². The Labute approximate surface area is 130 Å². The summed E-state index contributed by atoms with van der Waals surface area (Å²) < 4.78 is 0. The molecule has 1 aromatic heterocycles. The summed E-state index contributed by atoms with van der Waals surface area (Å²) in [5.74, 6) is 0.895. The van der Waals surface area contributed by atoms with Gasteiger partial charge in [-0.25, -0.2) is 4.98 Å². The third-order valence-corrected chi connectivity index (χ3v) is 4.18. The highest BCUT2D eigenvalue weighted by molar-refractivity contribution is 6.30. The molecule has 0 bridgehead atoms. The summed E-state index contributed by atoms with van der Waals surface area (Å²) in [5.41, 5.74) is 1.18. The number of pyridine rings is 1. The molecule has 2 atom stereocenters. The van der Waals surface area contributed by atoms with Gasteiger partial charge < -0.3 is 10.6 Å². The van der Waals surface area contributed by atoms with E-state index >= 15 is 0 Å². The average Bonchev–Trinajstić information content (AvgIpc) is 2.52. The lowest BCUT2D eigenvalue weighted by Crippen LogP contribution is -2.41. The summed E-state index contributed by atoms with van der Waals surface area (Å²) in [4.78, 5) is 4.34. The number of aromatic nitrogens is 1. The summed E-state index contributed by atoms with van der Waals surface area (Å²) in [5, 5.41) is 7.86. The predicted octanol–water partition coefficient (Wildman–Crippen LogP) is 4.57. The first kappa shape index (κ1) is 14.2. The van der Waals surface area contributed by atoms with E-state index in [1.165, 1.54) is 24.9 Å². The van der Waals surface area contributed by atoms with Crippen LogP contribution in [0.15, 0.2) is 48.7 Å². The molecule has 0 unspecified atom stereocenters. The third kappa shape index (κ3) is 3.88. The molecule has 1 aromatic carbocycles. The maximum atomic E-state index is 5.89. The van der Waals surface area contributed by atoms with E-state index in [0.717, 1.165) is 12.2 Å². The monoisotopic (exact) mass is 301 g/mol. The van der Waals surface area contributed by atoms with Gasteiger partial charge in [-0.3, -0.25) is 0 Å². The molecule has 0 amide bonds. The van der Waals surface area contributed by atoms with Crippen molar-refractivity contribution in [3.05, 3.63) is 53.7 Å². The molecule has 1 saturated carbocycles. The standard InChI is InChI=1S/C17H20ClN3/c18-13-10-11-17(19-12-13)21-16-9-5-4-8-15(16)20-14-6-2-1-3-7-14/h1-3,6-7,10-12,15-16,20H,4-5,8-9H2,(H,19,21)/t15-,16-/m1/s1. The normalized spacial score (nSPS) is 21.8. The van der Waals surface area contributed by atoms with Crippen molar-refractivity contribution in [2.75, 3.05) is 10.6 Å². The van der Waals surface area contributed by atoms with Crippen molar-refractivity contribution in [3.8, 4) is 0 Å². The molecular formula is C17H20ClN3. The number of halogens is 1. The van der Waals surface area contributed by atoms with Gasteiger partial charge in [0.2, 0.25) is 0 Å². The van der Waals surface area contributed by atoms with Crippen molar-refractivity contribution in [3.63, 3.8) is 0 Å². The minimum absolute atomic E-state index is 0.396. The highest BCUT2D eigenvalue weighted by Crippen LogP contribution is 2.25. The molecular weight excluding hydrogens is 282 g/mol. The van der Waals surface area contributed by atoms with E-state index in [-0.39, 0.29) is 0 Å². The second kappa shape index (κ2) is 6.81. The molecule has 2 N–H and O–H groups in total. The molecule has 3 nitrogen and oxygen atoms in total. The van der Waals surface area contributed by atoms with Crippen molar-refractivity contribution < 1.29 is 0 Å². The number of rotatable bonds is 4. The van der Waals surface area contributed by atoms with E-state index in [4.69, 9.17) is 11.6 Å². The Kier molecular flexibility index (Phi) is 4.61. The Bertz CT molecular complexity index is 556. The summed E-state index contributed by atoms with van der Waals surface area (Å²) in [7, 11) is 0. The van der Waals surface area contributed by atoms with E-state index < -0.39 is 0 Å². The van der Waals surface area contributed by atoms with E-state index in [9.17, 15) is 0 Å². The Morgan fingerprint density at radius 2 is 1.62 bits per heavy atom. The molecule has 0 spiro atoms. The number of nitrogens with one attached hydrogen (secondary N) is 2. The van der Waals surface area contributed by atoms with Gasteiger partial charge in [-0.1, -0.05) is 42.6 Å². The fraction of sp³-hybridized carbons (Fsp3) is 0.353. The Hall–Kier alpha value is -1.74. The first-order valence-electron chi connectivity index (χ1n) is 7.51. The topological polar surface area (TPSA) is 37.0 Å². The second-order valence-corrected chi connectivity index (χ2v) is 5.95. The smallest absolute Gasteiger partial charge is 0.126 e. The van der Waals surface area contributed by atoms with Crippen LogP contribution in [0.3, 0.4) is 0 Å². The highest BCUT2D eigenvalue weighted by Gasteiger charge is 2.25. The molecule has 110 valence electrons. The lowest BCUT2D eigenvalue weighted by Gasteiger charge is -2.33. The quantitative estimate of drug-likeness (QED) is 0.868. The predicted molar refractivity (Wildman–Crippen MR) is 89.0 cm³/mol. The molecule has 0 saturated heterocycles. The zero-order valence-electron chi connectivity index (χ0n) is 11.9. The lowest BCUT2D eigenvalue weighted by atomic mass is 9.90. The highest BCUT2D eigenvalue weighted by atomic mass is 35.5. The number of benzene rings is 1. The van der Waals surface area contributed by atoms with Gasteiger partial charge >= 0.3 is 0 Å². The van der Waals surface area contributed by atoms with Gasteiger partial charge in [0.1, 0.15) is 5.82 Å². The molecule has 0 radical (unpaired) electrons. The summed E-state index contributed by atoms with van der Waals surface area (Å²) >= 11 is 5.89. The fourth-order valence-corrected chi connectivity index (χ4v) is 2.99. The van der Waals surface area contributed by atoms with E-state index in [0.29, 0.717) is 17.1 Å². The molecule has 1 heterocycles. The Balaban J connectivity index is 1.68. The number of hydrogen-bond donors (Lipinski definition) is 2. The van der Waals surface area contributed by atoms with Crippen LogP contribution in [-0.4, -0.2) is 17.1 Å². The van der Waals surface area contributed by atoms with Crippen LogP contribution in [0.4, 0.5) is 11.5 Å². The van der Waals surface area contributed by atoms with Gasteiger partial charge in [0.15, 0.2) is 0 Å². The lowest BCUT2D eigenvalue weighted by molar-refractivity contribution is 0.423. The SMILES string of the molecule is Clc1ccc(N[C@@H]2CCCC[C@H]2Nc2ccccc2)nc1. The summed E-state index contributed by atoms with van der Waals surface area (Å²) in [6.07, 6.45) is 6.57. The van der Waals surface area contributed by atoms with E-state index in [2.05, 4.69) is 39.9 Å². The van der Waals surface area contributed by atoms with Crippen LogP contribution in [0.25, 0.3) is 0 Å². The first-order chi connectivity index (χ1) is 10.3. The zero-order chi connectivity index (χ0) is 14.5. The molecule has 3 rings (SSSR count). The maximum absolute atomic E-state index is 5.89. The van der Waals surface area contributed by atoms with Crippen molar-refractivity contribution >= 4 is 23.1 Å². The number of anilines is 2. The van der Waals surface area contributed by atoms with Crippen molar-refractivity contribution in [1.29, 1.82) is 0 Å². The Morgan fingerprint density at radius 1 is 0.905 bits per heavy atom. The minimum atomic E-state index is 0.396. The van der Waals surface area contributed by atoms with Gasteiger partial charge in [0.25, 0.3) is 0 Å². The minimum Gasteiger partial charge on any atom is -0.380 e. The molecule has 4 heteroatoms. The summed E-state index contributed by atoms with van der Waals surface area (Å²) in [6.45, 7) is 0. The Morgan fingerprint density at radius 3 is 2.29 bits per heavy atom. The van der Waals surface area contributed by atoms with Crippen LogP contribution < -0.4 is 10.6 Å². The fourth-order valence-electron chi connectivity index (χ4n) is 2.88. The molecule has 1 fully saturated rings. The number of hydrogen-bond acceptors (Lipinski definition) is 3. The van der Waals surface area contributed by atoms with E-state index in [1.807, 2.05) is 18.2 Å². The van der Waals surface area contributed by atoms with Gasteiger partial charge in [0, 0.05) is 24.0 Å². The zero-order valence-corrected chi connectivity index (χ0v) is 12.7. The van der Waals surface area contributed by atoms with Crippen molar-refractivity contribution in [2.45, 2.75) is 37.8 Å².